The number of carboxylic acids is 1. The van der Waals surface area contributed by atoms with E-state index in [4.69, 9.17) is 0 Å². The molecule has 0 aliphatic heterocycles. The summed E-state index contributed by atoms with van der Waals surface area (Å²) in [5.41, 5.74) is 3.56. The zero-order valence-electron chi connectivity index (χ0n) is 14.6. The van der Waals surface area contributed by atoms with Crippen LogP contribution in [0.1, 0.15) is 36.8 Å². The second-order valence-corrected chi connectivity index (χ2v) is 6.17. The fourth-order valence-electron chi connectivity index (χ4n) is 2.13. The molecule has 0 saturated carbocycles. The molecule has 0 radical (unpaired) electrons. The Kier molecular flexibility index (Phi) is 5.82. The summed E-state index contributed by atoms with van der Waals surface area (Å²) < 4.78 is 0.977. The molecule has 0 saturated heterocycles. The first-order valence-electron chi connectivity index (χ1n) is 7.85. The number of allylic oxidation sites excluding steroid dienone is 1. The van der Waals surface area contributed by atoms with Crippen LogP contribution in [0.3, 0.4) is 0 Å². The van der Waals surface area contributed by atoms with Gasteiger partial charge >= 0.3 is 5.97 Å². The van der Waals surface area contributed by atoms with Crippen LogP contribution in [0.25, 0.3) is 21.5 Å². The molecule has 0 fully saturated rings. The average molecular weight is 356 g/mol. The van der Waals surface area contributed by atoms with E-state index in [1.165, 1.54) is 11.3 Å². The summed E-state index contributed by atoms with van der Waals surface area (Å²) in [6, 6.07) is 7.21. The molecule has 25 heavy (non-hydrogen) atoms. The van der Waals surface area contributed by atoms with Gasteiger partial charge in [-0.05, 0) is 32.0 Å². The number of thiazole rings is 1. The zero-order chi connectivity index (χ0) is 18.6. The van der Waals surface area contributed by atoms with Crippen LogP contribution in [0.2, 0.25) is 0 Å². The van der Waals surface area contributed by atoms with Crippen molar-refractivity contribution >= 4 is 32.7 Å². The molecule has 0 aliphatic carbocycles. The predicted octanol–water partition coefficient (Wildman–Crippen LogP) is 4.73. The maximum atomic E-state index is 11.2. The number of aromatic nitrogens is 3. The first kappa shape index (κ1) is 18.5. The van der Waals surface area contributed by atoms with Crippen LogP contribution in [0.5, 0.6) is 0 Å². The number of aryl methyl sites for hydroxylation is 1. The third-order valence-corrected chi connectivity index (χ3v) is 4.15. The highest BCUT2D eigenvalue weighted by Gasteiger charge is 2.12. The van der Waals surface area contributed by atoms with Gasteiger partial charge in [-0.2, -0.15) is 10.2 Å². The Labute approximate surface area is 150 Å². The number of benzene rings is 1. The topological polar surface area (TPSA) is 88.0 Å². The molecule has 0 amide bonds. The molecular weight excluding hydrogens is 336 g/mol. The highest BCUT2D eigenvalue weighted by Crippen LogP contribution is 2.30. The first-order chi connectivity index (χ1) is 11.9. The van der Waals surface area contributed by atoms with Crippen molar-refractivity contribution < 1.29 is 9.90 Å². The van der Waals surface area contributed by atoms with Gasteiger partial charge in [-0.25, -0.2) is 9.78 Å². The van der Waals surface area contributed by atoms with E-state index >= 15 is 0 Å². The van der Waals surface area contributed by atoms with Gasteiger partial charge < -0.3 is 10.4 Å². The maximum Gasteiger partial charge on any atom is 0.337 e. The Morgan fingerprint density at radius 2 is 1.96 bits per heavy atom. The number of carbonyl (C=O) groups is 1. The minimum atomic E-state index is -1.01. The molecule has 2 heterocycles. The van der Waals surface area contributed by atoms with E-state index in [1.807, 2.05) is 39.0 Å². The molecule has 2 aromatic heterocycles. The van der Waals surface area contributed by atoms with Crippen molar-refractivity contribution in [2.24, 2.45) is 0 Å². The molecule has 0 bridgehead atoms. The minimum absolute atomic E-state index is 0.157. The van der Waals surface area contributed by atoms with Crippen LogP contribution < -0.4 is 5.32 Å². The number of anilines is 1. The Bertz CT molecular complexity index is 934. The van der Waals surface area contributed by atoms with E-state index in [9.17, 15) is 9.90 Å². The SMILES string of the molecule is C=C(C)Nc1nc2ccc(-c3cc(C(=O)O)c(C)nn3)cc2s1.CC. The summed E-state index contributed by atoms with van der Waals surface area (Å²) in [7, 11) is 0. The molecule has 6 nitrogen and oxygen atoms in total. The lowest BCUT2D eigenvalue weighted by molar-refractivity contribution is 0.0695. The third-order valence-electron chi connectivity index (χ3n) is 3.21. The van der Waals surface area contributed by atoms with Crippen molar-refractivity contribution in [2.45, 2.75) is 27.7 Å². The Hall–Kier alpha value is -2.80. The van der Waals surface area contributed by atoms with Gasteiger partial charge in [-0.15, -0.1) is 0 Å². The van der Waals surface area contributed by atoms with Gasteiger partial charge in [-0.3, -0.25) is 0 Å². The monoisotopic (exact) mass is 356 g/mol. The fourth-order valence-corrected chi connectivity index (χ4v) is 3.11. The minimum Gasteiger partial charge on any atom is -0.478 e. The van der Waals surface area contributed by atoms with Gasteiger partial charge in [0.2, 0.25) is 0 Å². The van der Waals surface area contributed by atoms with Crippen molar-refractivity contribution in [1.29, 1.82) is 0 Å². The van der Waals surface area contributed by atoms with Crippen LogP contribution in [0, 0.1) is 6.92 Å². The number of aromatic carboxylic acids is 1. The normalized spacial score (nSPS) is 10.1. The number of hydrogen-bond donors (Lipinski definition) is 2. The van der Waals surface area contributed by atoms with Gasteiger partial charge in [0.1, 0.15) is 0 Å². The van der Waals surface area contributed by atoms with Gasteiger partial charge in [0.25, 0.3) is 0 Å². The quantitative estimate of drug-likeness (QED) is 0.702. The van der Waals surface area contributed by atoms with Crippen LogP contribution in [0.4, 0.5) is 5.13 Å². The van der Waals surface area contributed by atoms with Crippen molar-refractivity contribution in [3.63, 3.8) is 0 Å². The van der Waals surface area contributed by atoms with Gasteiger partial charge in [0.05, 0.1) is 27.2 Å². The van der Waals surface area contributed by atoms with Gasteiger partial charge in [0, 0.05) is 11.3 Å². The fraction of sp³-hybridized carbons (Fsp3) is 0.222. The van der Waals surface area contributed by atoms with Crippen LogP contribution in [-0.2, 0) is 0 Å². The lowest BCUT2D eigenvalue weighted by atomic mass is 10.1. The maximum absolute atomic E-state index is 11.2. The molecule has 0 aliphatic rings. The van der Waals surface area contributed by atoms with E-state index < -0.39 is 5.97 Å². The van der Waals surface area contributed by atoms with Crippen molar-refractivity contribution in [1.82, 2.24) is 15.2 Å². The molecule has 0 spiro atoms. The predicted molar refractivity (Wildman–Crippen MR) is 102 cm³/mol. The van der Waals surface area contributed by atoms with Crippen LogP contribution >= 0.6 is 11.3 Å². The molecule has 0 unspecified atom stereocenters. The molecule has 130 valence electrons. The molecule has 1 aromatic carbocycles. The van der Waals surface area contributed by atoms with E-state index in [2.05, 4.69) is 27.1 Å². The summed E-state index contributed by atoms with van der Waals surface area (Å²) >= 11 is 1.50. The summed E-state index contributed by atoms with van der Waals surface area (Å²) in [6.07, 6.45) is 0. The largest absolute Gasteiger partial charge is 0.478 e. The van der Waals surface area contributed by atoms with Crippen molar-refractivity contribution in [2.75, 3.05) is 5.32 Å². The van der Waals surface area contributed by atoms with Gasteiger partial charge in [-0.1, -0.05) is 37.8 Å². The first-order valence-corrected chi connectivity index (χ1v) is 8.67. The number of carboxylic acid groups (broad SMARTS) is 1. The molecule has 7 heteroatoms. The molecule has 3 aromatic rings. The molecule has 2 N–H and O–H groups in total. The number of nitrogens with zero attached hydrogens (tertiary/aromatic N) is 3. The van der Waals surface area contributed by atoms with E-state index in [1.54, 1.807) is 13.0 Å². The molecule has 3 rings (SSSR count). The lowest BCUT2D eigenvalue weighted by Gasteiger charge is -2.03. The highest BCUT2D eigenvalue weighted by molar-refractivity contribution is 7.22. The summed E-state index contributed by atoms with van der Waals surface area (Å²) in [5.74, 6) is -1.01. The molecular formula is C18H20N4O2S. The number of nitrogens with one attached hydrogen (secondary N) is 1. The summed E-state index contributed by atoms with van der Waals surface area (Å²) in [5, 5.41) is 21.1. The van der Waals surface area contributed by atoms with E-state index in [-0.39, 0.29) is 5.56 Å². The summed E-state index contributed by atoms with van der Waals surface area (Å²) in [6.45, 7) is 11.3. The number of fused-ring (bicyclic) bond motifs is 1. The van der Waals surface area contributed by atoms with Crippen LogP contribution in [0.15, 0.2) is 36.5 Å². The van der Waals surface area contributed by atoms with E-state index in [0.29, 0.717) is 11.4 Å². The standard InChI is InChI=1S/C16H14N4O2S.C2H6/c1-8(2)17-16-18-12-5-4-10(6-14(12)23-16)13-7-11(15(21)22)9(3)19-20-13;1-2/h4-7H,1H2,2-3H3,(H,17,18)(H,21,22);1-2H3. The number of hydrogen-bond acceptors (Lipinski definition) is 6. The Balaban J connectivity index is 0.00000109. The third kappa shape index (κ3) is 4.19. The second-order valence-electron chi connectivity index (χ2n) is 5.14. The van der Waals surface area contributed by atoms with Crippen LogP contribution in [-0.4, -0.2) is 26.3 Å². The van der Waals surface area contributed by atoms with Crippen molar-refractivity contribution in [3.8, 4) is 11.3 Å². The highest BCUT2D eigenvalue weighted by atomic mass is 32.1. The Morgan fingerprint density at radius 1 is 1.24 bits per heavy atom. The Morgan fingerprint density at radius 3 is 2.60 bits per heavy atom. The van der Waals surface area contributed by atoms with Gasteiger partial charge in [0.15, 0.2) is 5.13 Å². The second kappa shape index (κ2) is 7.85. The lowest BCUT2D eigenvalue weighted by Crippen LogP contribution is -2.04. The zero-order valence-corrected chi connectivity index (χ0v) is 15.4. The van der Waals surface area contributed by atoms with E-state index in [0.717, 1.165) is 26.6 Å². The molecule has 0 atom stereocenters. The number of rotatable bonds is 4. The average Bonchev–Trinajstić information content (AvgIpc) is 2.97. The smallest absolute Gasteiger partial charge is 0.337 e. The van der Waals surface area contributed by atoms with Crippen molar-refractivity contribution in [3.05, 3.63) is 47.8 Å². The summed E-state index contributed by atoms with van der Waals surface area (Å²) in [4.78, 5) is 15.7.